The monoisotopic (exact) mass is 300 g/mol. The summed E-state index contributed by atoms with van der Waals surface area (Å²) < 4.78 is 31.8. The molecule has 1 N–H and O–H groups in total. The molecular formula is C14H24N2O3S. The van der Waals surface area contributed by atoms with Gasteiger partial charge in [0.1, 0.15) is 5.76 Å². The van der Waals surface area contributed by atoms with Crippen LogP contribution in [0.2, 0.25) is 0 Å². The van der Waals surface area contributed by atoms with Gasteiger partial charge in [-0.15, -0.1) is 0 Å². The lowest BCUT2D eigenvalue weighted by molar-refractivity contribution is 0.376. The molecule has 1 aliphatic heterocycles. The van der Waals surface area contributed by atoms with Gasteiger partial charge in [-0.3, -0.25) is 0 Å². The van der Waals surface area contributed by atoms with Crippen LogP contribution in [-0.2, 0) is 16.6 Å². The summed E-state index contributed by atoms with van der Waals surface area (Å²) in [5.74, 6) is 1.64. The fourth-order valence-electron chi connectivity index (χ4n) is 2.32. The summed E-state index contributed by atoms with van der Waals surface area (Å²) in [7, 11) is -3.45. The van der Waals surface area contributed by atoms with Crippen molar-refractivity contribution < 1.29 is 12.8 Å². The lowest BCUT2D eigenvalue weighted by Gasteiger charge is -2.13. The standard InChI is InChI=1S/C14H24N2O3S/c1-11(2)8-15-9-13-4-5-14(19-13)20(17,18)16-7-6-12(3)10-16/h4-5,11-12,15H,6-10H2,1-3H3. The molecule has 0 amide bonds. The molecule has 1 aliphatic rings. The quantitative estimate of drug-likeness (QED) is 0.873. The molecule has 1 aromatic rings. The molecule has 1 saturated heterocycles. The van der Waals surface area contributed by atoms with Crippen LogP contribution in [0.3, 0.4) is 0 Å². The summed E-state index contributed by atoms with van der Waals surface area (Å²) >= 11 is 0. The van der Waals surface area contributed by atoms with Crippen molar-refractivity contribution in [2.75, 3.05) is 19.6 Å². The SMILES string of the molecule is CC(C)CNCc1ccc(S(=O)(=O)N2CCC(C)C2)o1. The van der Waals surface area contributed by atoms with Crippen LogP contribution in [0.25, 0.3) is 0 Å². The van der Waals surface area contributed by atoms with E-state index in [9.17, 15) is 8.42 Å². The van der Waals surface area contributed by atoms with Crippen molar-refractivity contribution in [1.82, 2.24) is 9.62 Å². The Hall–Kier alpha value is -0.850. The minimum Gasteiger partial charge on any atom is -0.447 e. The van der Waals surface area contributed by atoms with Crippen molar-refractivity contribution in [3.63, 3.8) is 0 Å². The molecule has 0 aliphatic carbocycles. The molecule has 2 rings (SSSR count). The third-order valence-electron chi connectivity index (χ3n) is 3.47. The summed E-state index contributed by atoms with van der Waals surface area (Å²) in [6.07, 6.45) is 0.919. The summed E-state index contributed by atoms with van der Waals surface area (Å²) in [6, 6.07) is 3.30. The van der Waals surface area contributed by atoms with E-state index in [1.54, 1.807) is 12.1 Å². The number of rotatable bonds is 6. The Bertz CT molecular complexity index is 536. The first-order valence-electron chi connectivity index (χ1n) is 7.19. The maximum absolute atomic E-state index is 12.4. The summed E-state index contributed by atoms with van der Waals surface area (Å²) in [6.45, 7) is 8.93. The number of hydrogen-bond donors (Lipinski definition) is 1. The van der Waals surface area contributed by atoms with Crippen LogP contribution in [0.15, 0.2) is 21.6 Å². The summed E-state index contributed by atoms with van der Waals surface area (Å²) in [5.41, 5.74) is 0. The van der Waals surface area contributed by atoms with Crippen LogP contribution in [-0.4, -0.2) is 32.4 Å². The fourth-order valence-corrected chi connectivity index (χ4v) is 3.82. The van der Waals surface area contributed by atoms with Gasteiger partial charge >= 0.3 is 0 Å². The zero-order chi connectivity index (χ0) is 14.8. The van der Waals surface area contributed by atoms with Crippen LogP contribution in [0.1, 0.15) is 33.0 Å². The zero-order valence-electron chi connectivity index (χ0n) is 12.4. The molecular weight excluding hydrogens is 276 g/mol. The highest BCUT2D eigenvalue weighted by molar-refractivity contribution is 7.89. The van der Waals surface area contributed by atoms with Gasteiger partial charge in [0.2, 0.25) is 5.09 Å². The maximum atomic E-state index is 12.4. The molecule has 0 aromatic carbocycles. The number of sulfonamides is 1. The molecule has 2 heterocycles. The Balaban J connectivity index is 2.00. The molecule has 0 bridgehead atoms. The lowest BCUT2D eigenvalue weighted by atomic mass is 10.2. The van der Waals surface area contributed by atoms with Gasteiger partial charge in [-0.1, -0.05) is 20.8 Å². The van der Waals surface area contributed by atoms with Crippen LogP contribution < -0.4 is 5.32 Å². The molecule has 0 radical (unpaired) electrons. The third kappa shape index (κ3) is 3.62. The van der Waals surface area contributed by atoms with Crippen molar-refractivity contribution in [2.45, 2.75) is 38.8 Å². The highest BCUT2D eigenvalue weighted by atomic mass is 32.2. The fraction of sp³-hybridized carbons (Fsp3) is 0.714. The van der Waals surface area contributed by atoms with Crippen molar-refractivity contribution in [3.05, 3.63) is 17.9 Å². The molecule has 20 heavy (non-hydrogen) atoms. The lowest BCUT2D eigenvalue weighted by Crippen LogP contribution is -2.28. The Morgan fingerprint density at radius 2 is 2.20 bits per heavy atom. The van der Waals surface area contributed by atoms with Gasteiger partial charge < -0.3 is 9.73 Å². The van der Waals surface area contributed by atoms with E-state index >= 15 is 0 Å². The largest absolute Gasteiger partial charge is 0.447 e. The average molecular weight is 300 g/mol. The van der Waals surface area contributed by atoms with E-state index in [1.807, 2.05) is 0 Å². The predicted molar refractivity (Wildman–Crippen MR) is 77.8 cm³/mol. The molecule has 6 heteroatoms. The molecule has 5 nitrogen and oxygen atoms in total. The number of furan rings is 1. The average Bonchev–Trinajstić information content (AvgIpc) is 2.98. The van der Waals surface area contributed by atoms with Gasteiger partial charge in [0, 0.05) is 13.1 Å². The first-order chi connectivity index (χ1) is 9.39. The topological polar surface area (TPSA) is 62.6 Å². The van der Waals surface area contributed by atoms with E-state index in [1.165, 1.54) is 4.31 Å². The van der Waals surface area contributed by atoms with Gasteiger partial charge in [0.15, 0.2) is 0 Å². The van der Waals surface area contributed by atoms with Crippen LogP contribution in [0.4, 0.5) is 0 Å². The van der Waals surface area contributed by atoms with E-state index in [-0.39, 0.29) is 5.09 Å². The van der Waals surface area contributed by atoms with Crippen molar-refractivity contribution in [3.8, 4) is 0 Å². The van der Waals surface area contributed by atoms with E-state index in [2.05, 4.69) is 26.1 Å². The normalized spacial score (nSPS) is 20.9. The molecule has 1 fully saturated rings. The highest BCUT2D eigenvalue weighted by Gasteiger charge is 2.32. The van der Waals surface area contributed by atoms with Gasteiger partial charge in [0.05, 0.1) is 6.54 Å². The molecule has 114 valence electrons. The second kappa shape index (κ2) is 6.28. The summed E-state index contributed by atoms with van der Waals surface area (Å²) in [4.78, 5) is 0. The Morgan fingerprint density at radius 1 is 1.45 bits per heavy atom. The first kappa shape index (κ1) is 15.5. The number of nitrogens with one attached hydrogen (secondary N) is 1. The maximum Gasteiger partial charge on any atom is 0.276 e. The van der Waals surface area contributed by atoms with Crippen LogP contribution >= 0.6 is 0 Å². The molecule has 0 spiro atoms. The molecule has 1 unspecified atom stereocenters. The highest BCUT2D eigenvalue weighted by Crippen LogP contribution is 2.25. The Labute approximate surface area is 121 Å². The van der Waals surface area contributed by atoms with E-state index in [0.717, 1.165) is 13.0 Å². The van der Waals surface area contributed by atoms with Crippen LogP contribution in [0.5, 0.6) is 0 Å². The van der Waals surface area contributed by atoms with Gasteiger partial charge in [-0.25, -0.2) is 8.42 Å². The second-order valence-corrected chi connectivity index (χ2v) is 7.87. The predicted octanol–water partition coefficient (Wildman–Crippen LogP) is 2.06. The van der Waals surface area contributed by atoms with Crippen LogP contribution in [0, 0.1) is 11.8 Å². The van der Waals surface area contributed by atoms with Gasteiger partial charge in [0.25, 0.3) is 10.0 Å². The van der Waals surface area contributed by atoms with Gasteiger partial charge in [-0.2, -0.15) is 4.31 Å². The van der Waals surface area contributed by atoms with Crippen molar-refractivity contribution in [1.29, 1.82) is 0 Å². The van der Waals surface area contributed by atoms with Gasteiger partial charge in [-0.05, 0) is 36.9 Å². The third-order valence-corrected chi connectivity index (χ3v) is 5.21. The number of nitrogens with zero attached hydrogens (tertiary/aromatic N) is 1. The molecule has 1 aromatic heterocycles. The zero-order valence-corrected chi connectivity index (χ0v) is 13.2. The minimum atomic E-state index is -3.45. The Morgan fingerprint density at radius 3 is 2.80 bits per heavy atom. The second-order valence-electron chi connectivity index (χ2n) is 6.00. The van der Waals surface area contributed by atoms with Crippen molar-refractivity contribution in [2.24, 2.45) is 11.8 Å². The van der Waals surface area contributed by atoms with E-state index in [0.29, 0.717) is 37.2 Å². The first-order valence-corrected chi connectivity index (χ1v) is 8.63. The Kier molecular flexibility index (Phi) is 4.88. The summed E-state index contributed by atoms with van der Waals surface area (Å²) in [5, 5.41) is 3.30. The number of hydrogen-bond acceptors (Lipinski definition) is 4. The molecule has 0 saturated carbocycles. The molecule has 1 atom stereocenters. The smallest absolute Gasteiger partial charge is 0.276 e. The minimum absolute atomic E-state index is 0.0629. The van der Waals surface area contributed by atoms with Crippen molar-refractivity contribution >= 4 is 10.0 Å². The van der Waals surface area contributed by atoms with E-state index < -0.39 is 10.0 Å². The van der Waals surface area contributed by atoms with E-state index in [4.69, 9.17) is 4.42 Å².